The van der Waals surface area contributed by atoms with E-state index in [4.69, 9.17) is 0 Å². The second-order valence-corrected chi connectivity index (χ2v) is 8.55. The van der Waals surface area contributed by atoms with Gasteiger partial charge in [-0.25, -0.2) is 0 Å². The molecule has 26 heavy (non-hydrogen) atoms. The molecule has 2 atom stereocenters. The number of carbonyl (C=O) groups excluding carboxylic acids is 2. The molecule has 2 N–H and O–H groups in total. The minimum Gasteiger partial charge on any atom is -0.333 e. The third kappa shape index (κ3) is 4.66. The number of amides is 2. The Bertz CT molecular complexity index is 747. The van der Waals surface area contributed by atoms with Crippen molar-refractivity contribution in [2.45, 2.75) is 30.1 Å². The summed E-state index contributed by atoms with van der Waals surface area (Å²) < 4.78 is 1.13. The molecule has 1 fully saturated rings. The Kier molecular flexibility index (Phi) is 6.34. The Balaban J connectivity index is 1.56. The number of carbonyl (C=O) groups is 2. The van der Waals surface area contributed by atoms with Gasteiger partial charge >= 0.3 is 0 Å². The number of piperazine rings is 1. The molecule has 0 bridgehead atoms. The molecule has 0 spiro atoms. The zero-order chi connectivity index (χ0) is 18.5. The topological polar surface area (TPSA) is 61.4 Å². The van der Waals surface area contributed by atoms with Crippen LogP contribution in [0.25, 0.3) is 0 Å². The maximum atomic E-state index is 12.7. The zero-order valence-corrected chi connectivity index (χ0v) is 16.5. The van der Waals surface area contributed by atoms with Crippen molar-refractivity contribution >= 4 is 40.6 Å². The van der Waals surface area contributed by atoms with Gasteiger partial charge in [-0.05, 0) is 49.6 Å². The summed E-state index contributed by atoms with van der Waals surface area (Å²) in [5, 5.41) is 8.25. The molecule has 3 rings (SSSR count). The Morgan fingerprint density at radius 2 is 2.04 bits per heavy atom. The summed E-state index contributed by atoms with van der Waals surface area (Å²) in [6, 6.07) is 11.6. The summed E-state index contributed by atoms with van der Waals surface area (Å²) in [6.07, 6.45) is 0. The summed E-state index contributed by atoms with van der Waals surface area (Å²) in [5.41, 5.74) is 1.36. The third-order valence-electron chi connectivity index (χ3n) is 4.55. The van der Waals surface area contributed by atoms with Gasteiger partial charge in [-0.15, -0.1) is 23.1 Å². The van der Waals surface area contributed by atoms with Gasteiger partial charge in [0.15, 0.2) is 0 Å². The second kappa shape index (κ2) is 8.70. The highest BCUT2D eigenvalue weighted by molar-refractivity contribution is 8.01. The predicted octanol–water partition coefficient (Wildman–Crippen LogP) is 3.30. The van der Waals surface area contributed by atoms with Crippen LogP contribution < -0.4 is 10.6 Å². The molecule has 1 aliphatic rings. The molecule has 2 unspecified atom stereocenters. The molecule has 138 valence electrons. The number of rotatable bonds is 5. The number of benzene rings is 1. The van der Waals surface area contributed by atoms with Crippen LogP contribution in [-0.4, -0.2) is 47.6 Å². The smallest absolute Gasteiger partial charge is 0.254 e. The van der Waals surface area contributed by atoms with E-state index in [2.05, 4.69) is 24.5 Å². The Hall–Kier alpha value is -1.83. The van der Waals surface area contributed by atoms with E-state index in [1.807, 2.05) is 22.4 Å². The highest BCUT2D eigenvalue weighted by Gasteiger charge is 2.28. The van der Waals surface area contributed by atoms with Crippen molar-refractivity contribution in [3.8, 4) is 0 Å². The van der Waals surface area contributed by atoms with Crippen molar-refractivity contribution in [1.29, 1.82) is 0 Å². The van der Waals surface area contributed by atoms with Crippen LogP contribution in [0.2, 0.25) is 0 Å². The van der Waals surface area contributed by atoms with Crippen LogP contribution in [0.3, 0.4) is 0 Å². The van der Waals surface area contributed by atoms with Crippen molar-refractivity contribution in [3.05, 3.63) is 47.3 Å². The highest BCUT2D eigenvalue weighted by atomic mass is 32.2. The first-order valence-electron chi connectivity index (χ1n) is 8.65. The maximum absolute atomic E-state index is 12.7. The van der Waals surface area contributed by atoms with E-state index in [-0.39, 0.29) is 23.9 Å². The van der Waals surface area contributed by atoms with Crippen LogP contribution in [0, 0.1) is 0 Å². The lowest BCUT2D eigenvalue weighted by molar-refractivity contribution is -0.113. The van der Waals surface area contributed by atoms with Crippen molar-refractivity contribution in [2.75, 3.05) is 24.2 Å². The van der Waals surface area contributed by atoms with Crippen LogP contribution >= 0.6 is 23.1 Å². The van der Waals surface area contributed by atoms with Crippen LogP contribution in [0.5, 0.6) is 0 Å². The summed E-state index contributed by atoms with van der Waals surface area (Å²) >= 11 is 3.15. The molecule has 1 aromatic heterocycles. The highest BCUT2D eigenvalue weighted by Crippen LogP contribution is 2.23. The molecule has 0 aliphatic carbocycles. The molecule has 1 aliphatic heterocycles. The van der Waals surface area contributed by atoms with Gasteiger partial charge in [-0.3, -0.25) is 9.59 Å². The van der Waals surface area contributed by atoms with Gasteiger partial charge < -0.3 is 15.5 Å². The molecule has 2 aromatic rings. The number of hydrogen-bond acceptors (Lipinski definition) is 5. The number of anilines is 1. The Morgan fingerprint density at radius 1 is 1.27 bits per heavy atom. The van der Waals surface area contributed by atoms with Crippen LogP contribution in [-0.2, 0) is 4.79 Å². The average Bonchev–Trinajstić information content (AvgIpc) is 3.16. The molecule has 0 radical (unpaired) electrons. The average molecular weight is 390 g/mol. The quantitative estimate of drug-likeness (QED) is 0.771. The van der Waals surface area contributed by atoms with Gasteiger partial charge in [0.05, 0.1) is 9.96 Å². The van der Waals surface area contributed by atoms with E-state index >= 15 is 0 Å². The Labute approximate surface area is 162 Å². The molecule has 5 nitrogen and oxygen atoms in total. The first-order valence-corrected chi connectivity index (χ1v) is 10.5. The third-order valence-corrected chi connectivity index (χ3v) is 6.68. The Morgan fingerprint density at radius 3 is 2.73 bits per heavy atom. The number of thiophene rings is 1. The monoisotopic (exact) mass is 389 g/mol. The van der Waals surface area contributed by atoms with E-state index in [1.165, 1.54) is 11.8 Å². The fourth-order valence-electron chi connectivity index (χ4n) is 2.88. The van der Waals surface area contributed by atoms with Gasteiger partial charge in [0.25, 0.3) is 5.91 Å². The second-order valence-electron chi connectivity index (χ2n) is 6.33. The maximum Gasteiger partial charge on any atom is 0.254 e. The molecule has 2 heterocycles. The first kappa shape index (κ1) is 18.9. The largest absolute Gasteiger partial charge is 0.333 e. The molecular formula is C19H23N3O2S2. The number of thioether (sulfide) groups is 1. The van der Waals surface area contributed by atoms with E-state index in [0.717, 1.165) is 10.8 Å². The molecule has 2 amide bonds. The molecular weight excluding hydrogens is 366 g/mol. The zero-order valence-electron chi connectivity index (χ0n) is 14.9. The molecule has 1 saturated heterocycles. The fourth-order valence-corrected chi connectivity index (χ4v) is 4.47. The lowest BCUT2D eigenvalue weighted by Crippen LogP contribution is -2.57. The van der Waals surface area contributed by atoms with Crippen molar-refractivity contribution in [1.82, 2.24) is 10.2 Å². The van der Waals surface area contributed by atoms with E-state index < -0.39 is 0 Å². The summed E-state index contributed by atoms with van der Waals surface area (Å²) in [7, 11) is 0. The molecule has 0 saturated carbocycles. The number of hydrogen-bond donors (Lipinski definition) is 2. The fraction of sp³-hybridized carbons (Fsp3) is 0.368. The van der Waals surface area contributed by atoms with Crippen molar-refractivity contribution in [2.24, 2.45) is 0 Å². The van der Waals surface area contributed by atoms with Crippen LogP contribution in [0.4, 0.5) is 5.69 Å². The van der Waals surface area contributed by atoms with Gasteiger partial charge in [-0.2, -0.15) is 0 Å². The van der Waals surface area contributed by atoms with E-state index in [9.17, 15) is 9.59 Å². The normalized spacial score (nSPS) is 20.0. The first-order chi connectivity index (χ1) is 12.5. The van der Waals surface area contributed by atoms with E-state index in [1.54, 1.807) is 35.6 Å². The lowest BCUT2D eigenvalue weighted by Gasteiger charge is -2.38. The van der Waals surface area contributed by atoms with E-state index in [0.29, 0.717) is 23.5 Å². The van der Waals surface area contributed by atoms with Crippen molar-refractivity contribution in [3.63, 3.8) is 0 Å². The van der Waals surface area contributed by atoms with Crippen molar-refractivity contribution < 1.29 is 9.59 Å². The van der Waals surface area contributed by atoms with Gasteiger partial charge in [0.2, 0.25) is 5.91 Å². The number of nitrogens with one attached hydrogen (secondary N) is 2. The molecule has 7 heteroatoms. The number of nitrogens with zero attached hydrogens (tertiary/aromatic N) is 1. The standard InChI is InChI=1S/C19H23N3O2S2/c1-13-14(2)22(10-9-20-13)19(24)15-5-7-16(8-6-15)21-17(23)12-26-18-4-3-11-25-18/h3-8,11,13-14,20H,9-10,12H2,1-2H3,(H,21,23). The lowest BCUT2D eigenvalue weighted by atomic mass is 10.1. The van der Waals surface area contributed by atoms with Crippen LogP contribution in [0.15, 0.2) is 46.0 Å². The van der Waals surface area contributed by atoms with Crippen LogP contribution in [0.1, 0.15) is 24.2 Å². The predicted molar refractivity (Wildman–Crippen MR) is 108 cm³/mol. The minimum absolute atomic E-state index is 0.0389. The summed E-state index contributed by atoms with van der Waals surface area (Å²) in [5.74, 6) is 0.362. The minimum atomic E-state index is -0.0490. The SMILES string of the molecule is CC1NCCN(C(=O)c2ccc(NC(=O)CSc3cccs3)cc2)C1C. The molecule has 1 aromatic carbocycles. The summed E-state index contributed by atoms with van der Waals surface area (Å²) in [6.45, 7) is 5.68. The van der Waals surface area contributed by atoms with Gasteiger partial charge in [0.1, 0.15) is 0 Å². The summed E-state index contributed by atoms with van der Waals surface area (Å²) in [4.78, 5) is 26.7. The van der Waals surface area contributed by atoms with Gasteiger partial charge in [-0.1, -0.05) is 6.07 Å². The van der Waals surface area contributed by atoms with Gasteiger partial charge in [0, 0.05) is 36.4 Å².